The molecule has 2 aromatic rings. The van der Waals surface area contributed by atoms with Gasteiger partial charge in [0.25, 0.3) is 11.7 Å². The highest BCUT2D eigenvalue weighted by Crippen LogP contribution is 2.43. The van der Waals surface area contributed by atoms with Crippen LogP contribution in [0.4, 0.5) is 0 Å². The van der Waals surface area contributed by atoms with Gasteiger partial charge in [-0.2, -0.15) is 0 Å². The summed E-state index contributed by atoms with van der Waals surface area (Å²) >= 11 is 0. The lowest BCUT2D eigenvalue weighted by molar-refractivity contribution is -0.140. The average Bonchev–Trinajstić information content (AvgIpc) is 3.07. The first-order valence-corrected chi connectivity index (χ1v) is 10.6. The molecular formula is C25H29NO7. The number of benzene rings is 2. The maximum atomic E-state index is 13.2. The number of amides is 1. The van der Waals surface area contributed by atoms with E-state index < -0.39 is 17.7 Å². The minimum atomic E-state index is -0.842. The number of Topliss-reactive ketones (excluding diaryl/α,β-unsaturated/α-hetero) is 1. The lowest BCUT2D eigenvalue weighted by atomic mass is 9.94. The molecule has 0 saturated carbocycles. The van der Waals surface area contributed by atoms with Crippen molar-refractivity contribution < 1.29 is 33.6 Å². The van der Waals surface area contributed by atoms with Gasteiger partial charge in [-0.1, -0.05) is 18.2 Å². The third-order valence-corrected chi connectivity index (χ3v) is 5.40. The zero-order valence-electron chi connectivity index (χ0n) is 19.5. The van der Waals surface area contributed by atoms with Crippen LogP contribution in [-0.4, -0.2) is 62.3 Å². The molecule has 1 aliphatic heterocycles. The Morgan fingerprint density at radius 2 is 1.64 bits per heavy atom. The number of aliphatic hydroxyl groups excluding tert-OH is 1. The summed E-state index contributed by atoms with van der Waals surface area (Å²) in [5.74, 6) is -0.700. The highest BCUT2D eigenvalue weighted by atomic mass is 16.5. The molecule has 8 heteroatoms. The Labute approximate surface area is 193 Å². The number of carbonyl (C=O) groups is 2. The van der Waals surface area contributed by atoms with E-state index in [0.717, 1.165) is 0 Å². The number of nitrogens with zero attached hydrogens (tertiary/aromatic N) is 1. The molecule has 176 valence electrons. The number of rotatable bonds is 9. The van der Waals surface area contributed by atoms with Crippen molar-refractivity contribution in [2.24, 2.45) is 0 Å². The highest BCUT2D eigenvalue weighted by Gasteiger charge is 2.46. The lowest BCUT2D eigenvalue weighted by Gasteiger charge is -2.26. The summed E-state index contributed by atoms with van der Waals surface area (Å²) in [6.07, 6.45) is -0.0325. The molecule has 0 aromatic heterocycles. The van der Waals surface area contributed by atoms with Crippen LogP contribution < -0.4 is 14.2 Å². The van der Waals surface area contributed by atoms with Gasteiger partial charge in [-0.15, -0.1) is 0 Å². The van der Waals surface area contributed by atoms with Gasteiger partial charge >= 0.3 is 0 Å². The number of carbonyl (C=O) groups excluding carboxylic acids is 2. The van der Waals surface area contributed by atoms with Gasteiger partial charge in [0.1, 0.15) is 28.6 Å². The van der Waals surface area contributed by atoms with Crippen LogP contribution in [0.5, 0.6) is 17.2 Å². The van der Waals surface area contributed by atoms with Gasteiger partial charge < -0.3 is 29.0 Å². The fraction of sp³-hybridized carbons (Fsp3) is 0.360. The van der Waals surface area contributed by atoms with E-state index in [4.69, 9.17) is 18.9 Å². The van der Waals surface area contributed by atoms with Crippen molar-refractivity contribution in [1.29, 1.82) is 0 Å². The molecule has 33 heavy (non-hydrogen) atoms. The Balaban J connectivity index is 2.21. The first kappa shape index (κ1) is 24.1. The summed E-state index contributed by atoms with van der Waals surface area (Å²) in [6, 6.07) is 11.2. The molecule has 1 N–H and O–H groups in total. The molecule has 3 rings (SSSR count). The van der Waals surface area contributed by atoms with Crippen LogP contribution in [0.3, 0.4) is 0 Å². The van der Waals surface area contributed by atoms with Crippen LogP contribution in [0.2, 0.25) is 0 Å². The van der Waals surface area contributed by atoms with Crippen LogP contribution in [0.1, 0.15) is 31.0 Å². The number of likely N-dealkylation sites (tertiary alicyclic amines) is 1. The van der Waals surface area contributed by atoms with Gasteiger partial charge in [0.05, 0.1) is 45.7 Å². The van der Waals surface area contributed by atoms with E-state index in [0.29, 0.717) is 22.8 Å². The molecule has 1 atom stereocenters. The van der Waals surface area contributed by atoms with E-state index >= 15 is 0 Å². The average molecular weight is 456 g/mol. The maximum Gasteiger partial charge on any atom is 0.295 e. The molecule has 1 aliphatic rings. The van der Waals surface area contributed by atoms with Crippen molar-refractivity contribution in [3.63, 3.8) is 0 Å². The Kier molecular flexibility index (Phi) is 7.60. The van der Waals surface area contributed by atoms with Gasteiger partial charge in [0.2, 0.25) is 0 Å². The number of aliphatic hydroxyl groups is 1. The molecule has 0 spiro atoms. The second-order valence-electron chi connectivity index (χ2n) is 7.73. The molecule has 0 bridgehead atoms. The van der Waals surface area contributed by atoms with Gasteiger partial charge in [0, 0.05) is 6.54 Å². The standard InChI is InChI=1S/C25H29NO7/c1-15(2)33-13-12-26-22(16-8-6-9-17(14-16)30-3)21(24(28)25(26)29)23(27)20-18(31-4)10-7-11-19(20)32-5/h6-11,14-15,22,27H,12-13H2,1-5H3/b23-21+. The first-order valence-electron chi connectivity index (χ1n) is 10.6. The Morgan fingerprint density at radius 3 is 2.21 bits per heavy atom. The Bertz CT molecular complexity index is 1040. The number of methoxy groups -OCH3 is 3. The van der Waals surface area contributed by atoms with Crippen LogP contribution in [0.15, 0.2) is 48.0 Å². The van der Waals surface area contributed by atoms with E-state index in [1.807, 2.05) is 13.8 Å². The quantitative estimate of drug-likeness (QED) is 0.351. The molecule has 0 aliphatic carbocycles. The topological polar surface area (TPSA) is 94.5 Å². The molecule has 1 saturated heterocycles. The number of ether oxygens (including phenoxy) is 4. The highest BCUT2D eigenvalue weighted by molar-refractivity contribution is 6.46. The van der Waals surface area contributed by atoms with Crippen molar-refractivity contribution in [2.45, 2.75) is 26.0 Å². The summed E-state index contributed by atoms with van der Waals surface area (Å²) in [4.78, 5) is 27.7. The van der Waals surface area contributed by atoms with Crippen LogP contribution >= 0.6 is 0 Å². The van der Waals surface area contributed by atoms with Gasteiger partial charge in [-0.25, -0.2) is 0 Å². The summed E-state index contributed by atoms with van der Waals surface area (Å²) in [6.45, 7) is 4.19. The van der Waals surface area contributed by atoms with Crippen molar-refractivity contribution in [3.05, 3.63) is 59.2 Å². The molecule has 2 aromatic carbocycles. The summed E-state index contributed by atoms with van der Waals surface area (Å²) in [5.41, 5.74) is 0.765. The van der Waals surface area contributed by atoms with Crippen molar-refractivity contribution in [2.75, 3.05) is 34.5 Å². The van der Waals surface area contributed by atoms with Crippen molar-refractivity contribution >= 4 is 17.4 Å². The van der Waals surface area contributed by atoms with E-state index in [1.54, 1.807) is 42.5 Å². The zero-order chi connectivity index (χ0) is 24.1. The molecule has 8 nitrogen and oxygen atoms in total. The summed E-state index contributed by atoms with van der Waals surface area (Å²) < 4.78 is 21.8. The fourth-order valence-corrected chi connectivity index (χ4v) is 3.87. The monoisotopic (exact) mass is 455 g/mol. The predicted molar refractivity (Wildman–Crippen MR) is 123 cm³/mol. The molecule has 1 heterocycles. The second-order valence-corrected chi connectivity index (χ2v) is 7.73. The number of ketones is 1. The summed E-state index contributed by atoms with van der Waals surface area (Å²) in [7, 11) is 4.44. The molecule has 0 radical (unpaired) electrons. The van der Waals surface area contributed by atoms with Crippen molar-refractivity contribution in [3.8, 4) is 17.2 Å². The minimum absolute atomic E-state index is 0.0325. The van der Waals surface area contributed by atoms with E-state index in [-0.39, 0.29) is 36.2 Å². The molecule has 1 fully saturated rings. The summed E-state index contributed by atoms with van der Waals surface area (Å²) in [5, 5.41) is 11.4. The molecule has 1 amide bonds. The normalized spacial score (nSPS) is 17.5. The van der Waals surface area contributed by atoms with Gasteiger partial charge in [-0.3, -0.25) is 9.59 Å². The SMILES string of the molecule is COc1cccc(C2/C(=C(\O)c3c(OC)cccc3OC)C(=O)C(=O)N2CCOC(C)C)c1. The Hall–Kier alpha value is -3.52. The van der Waals surface area contributed by atoms with Crippen LogP contribution in [0.25, 0.3) is 5.76 Å². The first-order chi connectivity index (χ1) is 15.8. The van der Waals surface area contributed by atoms with E-state index in [1.165, 1.54) is 26.2 Å². The number of hydrogen-bond donors (Lipinski definition) is 1. The Morgan fingerprint density at radius 1 is 1.00 bits per heavy atom. The van der Waals surface area contributed by atoms with Crippen molar-refractivity contribution in [1.82, 2.24) is 4.90 Å². The largest absolute Gasteiger partial charge is 0.506 e. The predicted octanol–water partition coefficient (Wildman–Crippen LogP) is 3.56. The third-order valence-electron chi connectivity index (χ3n) is 5.40. The minimum Gasteiger partial charge on any atom is -0.506 e. The fourth-order valence-electron chi connectivity index (χ4n) is 3.87. The van der Waals surface area contributed by atoms with Gasteiger partial charge in [0.15, 0.2) is 0 Å². The number of hydrogen-bond acceptors (Lipinski definition) is 7. The lowest BCUT2D eigenvalue weighted by Crippen LogP contribution is -2.33. The molecule has 1 unspecified atom stereocenters. The molecular weight excluding hydrogens is 426 g/mol. The van der Waals surface area contributed by atoms with E-state index in [9.17, 15) is 14.7 Å². The maximum absolute atomic E-state index is 13.2. The zero-order valence-corrected chi connectivity index (χ0v) is 19.5. The third kappa shape index (κ3) is 4.80. The second kappa shape index (κ2) is 10.4. The van der Waals surface area contributed by atoms with Crippen LogP contribution in [-0.2, 0) is 14.3 Å². The van der Waals surface area contributed by atoms with Gasteiger partial charge in [-0.05, 0) is 43.7 Å². The van der Waals surface area contributed by atoms with Crippen LogP contribution in [0, 0.1) is 0 Å². The van der Waals surface area contributed by atoms with E-state index in [2.05, 4.69) is 0 Å². The smallest absolute Gasteiger partial charge is 0.295 e.